The molecule has 10 heteroatoms. The van der Waals surface area contributed by atoms with E-state index in [1.807, 2.05) is 0 Å². The first kappa shape index (κ1) is 18.7. The number of nitrogens with zero attached hydrogens (tertiary/aromatic N) is 2. The average Bonchev–Trinajstić information content (AvgIpc) is 3.36. The molecule has 0 saturated carbocycles. The maximum atomic E-state index is 13.1. The number of carbonyl (C=O) groups is 1. The topological polar surface area (TPSA) is 102 Å². The van der Waals surface area contributed by atoms with Crippen LogP contribution >= 0.6 is 11.3 Å². The van der Waals surface area contributed by atoms with E-state index in [-0.39, 0.29) is 17.2 Å². The third-order valence-electron chi connectivity index (χ3n) is 4.35. The minimum absolute atomic E-state index is 0.136. The van der Waals surface area contributed by atoms with E-state index in [2.05, 4.69) is 10.3 Å². The lowest BCUT2D eigenvalue weighted by atomic mass is 10.2. The van der Waals surface area contributed by atoms with E-state index >= 15 is 0 Å². The van der Waals surface area contributed by atoms with Gasteiger partial charge in [0.15, 0.2) is 10.9 Å². The monoisotopic (exact) mass is 419 g/mol. The van der Waals surface area contributed by atoms with Gasteiger partial charge in [-0.25, -0.2) is 13.4 Å². The number of ether oxygens (including phenoxy) is 1. The number of nitrogens with one attached hydrogen (secondary N) is 1. The Morgan fingerprint density at radius 2 is 2.11 bits per heavy atom. The van der Waals surface area contributed by atoms with Crippen LogP contribution in [0.4, 0.5) is 5.13 Å². The maximum absolute atomic E-state index is 13.1. The van der Waals surface area contributed by atoms with Crippen LogP contribution in [0, 0.1) is 0 Å². The number of furan rings is 1. The van der Waals surface area contributed by atoms with Gasteiger partial charge >= 0.3 is 0 Å². The number of thiazole rings is 1. The molecule has 3 aromatic rings. The van der Waals surface area contributed by atoms with Gasteiger partial charge in [-0.1, -0.05) is 12.1 Å². The number of fused-ring (bicyclic) bond motifs is 1. The van der Waals surface area contributed by atoms with Crippen molar-refractivity contribution in [2.75, 3.05) is 19.0 Å². The maximum Gasteiger partial charge on any atom is 0.293 e. The fourth-order valence-electron chi connectivity index (χ4n) is 2.97. The Hall–Kier alpha value is -2.69. The Morgan fingerprint density at radius 3 is 2.86 bits per heavy atom. The van der Waals surface area contributed by atoms with E-state index in [0.29, 0.717) is 23.8 Å². The van der Waals surface area contributed by atoms with Gasteiger partial charge in [0.2, 0.25) is 10.0 Å². The number of para-hydroxylation sites is 1. The van der Waals surface area contributed by atoms with E-state index in [9.17, 15) is 13.2 Å². The number of sulfonamides is 1. The largest absolute Gasteiger partial charge is 0.495 e. The quantitative estimate of drug-likeness (QED) is 0.682. The molecule has 28 heavy (non-hydrogen) atoms. The van der Waals surface area contributed by atoms with Gasteiger partial charge in [-0.2, -0.15) is 4.31 Å². The normalized spacial score (nSPS) is 14.5. The van der Waals surface area contributed by atoms with Gasteiger partial charge in [0, 0.05) is 17.8 Å². The third-order valence-corrected chi connectivity index (χ3v) is 7.23. The summed E-state index contributed by atoms with van der Waals surface area (Å²) in [6, 6.07) is 9.73. The molecule has 0 saturated heterocycles. The molecule has 0 fully saturated rings. The van der Waals surface area contributed by atoms with Gasteiger partial charge in [-0.15, -0.1) is 11.3 Å². The fourth-order valence-corrected chi connectivity index (χ4v) is 5.63. The van der Waals surface area contributed by atoms with Gasteiger partial charge in [0.25, 0.3) is 5.91 Å². The number of rotatable bonds is 5. The van der Waals surface area contributed by atoms with Gasteiger partial charge in [0.1, 0.15) is 10.6 Å². The minimum Gasteiger partial charge on any atom is -0.495 e. The number of amides is 1. The molecule has 0 aliphatic carbocycles. The fraction of sp³-hybridized carbons (Fsp3) is 0.222. The van der Waals surface area contributed by atoms with Gasteiger partial charge in [-0.3, -0.25) is 10.1 Å². The first-order chi connectivity index (χ1) is 13.5. The van der Waals surface area contributed by atoms with Crippen LogP contribution in [0.2, 0.25) is 0 Å². The smallest absolute Gasteiger partial charge is 0.293 e. The summed E-state index contributed by atoms with van der Waals surface area (Å²) in [5.74, 6) is 0.104. The van der Waals surface area contributed by atoms with E-state index in [4.69, 9.17) is 9.15 Å². The SMILES string of the molecule is COc1ccccc1S(=O)(=O)N1CCc2nc(NC(=O)c3ccco3)sc2C1. The van der Waals surface area contributed by atoms with Crippen LogP contribution in [0.25, 0.3) is 0 Å². The summed E-state index contributed by atoms with van der Waals surface area (Å²) in [7, 11) is -2.27. The summed E-state index contributed by atoms with van der Waals surface area (Å²) < 4.78 is 37.8. The molecule has 1 aliphatic rings. The predicted octanol–water partition coefficient (Wildman–Crippen LogP) is 2.74. The van der Waals surface area contributed by atoms with Gasteiger partial charge < -0.3 is 9.15 Å². The first-order valence-corrected chi connectivity index (χ1v) is 10.7. The summed E-state index contributed by atoms with van der Waals surface area (Å²) in [5.41, 5.74) is 0.797. The highest BCUT2D eigenvalue weighted by Gasteiger charge is 2.32. The van der Waals surface area contributed by atoms with Crippen molar-refractivity contribution >= 4 is 32.4 Å². The van der Waals surface area contributed by atoms with E-state index < -0.39 is 15.9 Å². The van der Waals surface area contributed by atoms with Crippen molar-refractivity contribution < 1.29 is 22.4 Å². The Kier molecular flexibility index (Phi) is 4.92. The molecule has 0 bridgehead atoms. The molecule has 1 N–H and O–H groups in total. The van der Waals surface area contributed by atoms with Crippen LogP contribution in [0.5, 0.6) is 5.75 Å². The molecule has 4 rings (SSSR count). The van der Waals surface area contributed by atoms with Crippen LogP contribution in [0.15, 0.2) is 52.0 Å². The number of hydrogen-bond acceptors (Lipinski definition) is 7. The molecule has 1 aliphatic heterocycles. The molecule has 2 aromatic heterocycles. The molecular weight excluding hydrogens is 402 g/mol. The van der Waals surface area contributed by atoms with Crippen LogP contribution < -0.4 is 10.1 Å². The van der Waals surface area contributed by atoms with Crippen molar-refractivity contribution in [3.63, 3.8) is 0 Å². The average molecular weight is 419 g/mol. The number of benzene rings is 1. The molecule has 1 aromatic carbocycles. The number of aromatic nitrogens is 1. The highest BCUT2D eigenvalue weighted by Crippen LogP contribution is 2.33. The van der Waals surface area contributed by atoms with E-state index in [1.54, 1.807) is 30.3 Å². The minimum atomic E-state index is -3.71. The number of anilines is 1. The molecule has 1 amide bonds. The zero-order valence-corrected chi connectivity index (χ0v) is 16.5. The van der Waals surface area contributed by atoms with Crippen LogP contribution in [-0.4, -0.2) is 37.3 Å². The molecular formula is C18H17N3O5S2. The molecule has 3 heterocycles. The molecule has 146 valence electrons. The molecule has 8 nitrogen and oxygen atoms in total. The number of carbonyl (C=O) groups excluding carboxylic acids is 1. The molecule has 0 atom stereocenters. The lowest BCUT2D eigenvalue weighted by molar-refractivity contribution is 0.0996. The lowest BCUT2D eigenvalue weighted by Crippen LogP contribution is -2.35. The Balaban J connectivity index is 1.55. The summed E-state index contributed by atoms with van der Waals surface area (Å²) in [6.45, 7) is 0.507. The van der Waals surface area contributed by atoms with E-state index in [1.165, 1.54) is 35.1 Å². The Bertz CT molecular complexity index is 1110. The number of methoxy groups -OCH3 is 1. The van der Waals surface area contributed by atoms with Crippen LogP contribution in [-0.2, 0) is 23.0 Å². The zero-order chi connectivity index (χ0) is 19.7. The van der Waals surface area contributed by atoms with Crippen molar-refractivity contribution in [2.24, 2.45) is 0 Å². The third kappa shape index (κ3) is 3.41. The molecule has 0 unspecified atom stereocenters. The van der Waals surface area contributed by atoms with Crippen molar-refractivity contribution in [3.05, 3.63) is 59.0 Å². The molecule has 0 spiro atoms. The summed E-state index contributed by atoms with van der Waals surface area (Å²) in [5, 5.41) is 3.11. The number of hydrogen-bond donors (Lipinski definition) is 1. The summed E-state index contributed by atoms with van der Waals surface area (Å²) >= 11 is 1.26. The second-order valence-corrected chi connectivity index (χ2v) is 9.05. The van der Waals surface area contributed by atoms with Crippen LogP contribution in [0.3, 0.4) is 0 Å². The van der Waals surface area contributed by atoms with Crippen molar-refractivity contribution in [1.82, 2.24) is 9.29 Å². The first-order valence-electron chi connectivity index (χ1n) is 8.45. The second-order valence-electron chi connectivity index (χ2n) is 6.06. The van der Waals surface area contributed by atoms with E-state index in [0.717, 1.165) is 10.6 Å². The summed E-state index contributed by atoms with van der Waals surface area (Å²) in [6.07, 6.45) is 1.89. The van der Waals surface area contributed by atoms with Crippen molar-refractivity contribution in [2.45, 2.75) is 17.9 Å². The standard InChI is InChI=1S/C18H17N3O5S2/c1-25-13-5-2-3-7-16(13)28(23,24)21-9-8-12-15(11-21)27-18(19-12)20-17(22)14-6-4-10-26-14/h2-7,10H,8-9,11H2,1H3,(H,19,20,22). The zero-order valence-electron chi connectivity index (χ0n) is 14.9. The van der Waals surface area contributed by atoms with Crippen molar-refractivity contribution in [3.8, 4) is 5.75 Å². The summed E-state index contributed by atoms with van der Waals surface area (Å²) in [4.78, 5) is 17.5. The lowest BCUT2D eigenvalue weighted by Gasteiger charge is -2.26. The predicted molar refractivity (Wildman–Crippen MR) is 103 cm³/mol. The van der Waals surface area contributed by atoms with Gasteiger partial charge in [0.05, 0.1) is 25.6 Å². The molecule has 0 radical (unpaired) electrons. The van der Waals surface area contributed by atoms with Crippen molar-refractivity contribution in [1.29, 1.82) is 0 Å². The Morgan fingerprint density at radius 1 is 1.29 bits per heavy atom. The highest BCUT2D eigenvalue weighted by atomic mass is 32.2. The van der Waals surface area contributed by atoms with Gasteiger partial charge in [-0.05, 0) is 24.3 Å². The Labute approximate surface area is 165 Å². The van der Waals surface area contributed by atoms with Crippen LogP contribution in [0.1, 0.15) is 21.1 Å². The highest BCUT2D eigenvalue weighted by molar-refractivity contribution is 7.89. The second kappa shape index (κ2) is 7.38.